The lowest BCUT2D eigenvalue weighted by atomic mass is 10.1. The molecule has 2 heterocycles. The highest BCUT2D eigenvalue weighted by atomic mass is 32.2. The zero-order valence-electron chi connectivity index (χ0n) is 17.1. The van der Waals surface area contributed by atoms with Gasteiger partial charge < -0.3 is 9.30 Å². The molecule has 0 aliphatic heterocycles. The molecule has 0 unspecified atom stereocenters. The number of hydrogen-bond acceptors (Lipinski definition) is 8. The van der Waals surface area contributed by atoms with Crippen LogP contribution in [0.1, 0.15) is 41.8 Å². The van der Waals surface area contributed by atoms with Crippen molar-refractivity contribution in [3.8, 4) is 5.75 Å². The second-order valence-electron chi connectivity index (χ2n) is 6.88. The number of hydrogen-bond donors (Lipinski definition) is 1. The lowest BCUT2D eigenvalue weighted by Gasteiger charge is -2.15. The standard InChI is InChI=1S/C19H24N6O2S2/c1-11(2)25-16(9-27-15-7-6-12(3)8-13(15)4)22-24-19(25)28-10-17(26)20-18-23-21-14(5)29-18/h6-8,11H,9-10H2,1-5H3,(H,20,23,26). The van der Waals surface area contributed by atoms with Crippen molar-refractivity contribution in [2.24, 2.45) is 0 Å². The molecule has 154 valence electrons. The quantitative estimate of drug-likeness (QED) is 0.539. The van der Waals surface area contributed by atoms with Gasteiger partial charge in [0.05, 0.1) is 5.75 Å². The summed E-state index contributed by atoms with van der Waals surface area (Å²) >= 11 is 2.68. The highest BCUT2D eigenvalue weighted by molar-refractivity contribution is 7.99. The largest absolute Gasteiger partial charge is 0.485 e. The number of amides is 1. The van der Waals surface area contributed by atoms with Gasteiger partial charge in [0.15, 0.2) is 11.0 Å². The molecule has 0 saturated heterocycles. The van der Waals surface area contributed by atoms with Crippen LogP contribution in [0.3, 0.4) is 0 Å². The molecular formula is C19H24N6O2S2. The first-order valence-electron chi connectivity index (χ1n) is 9.20. The molecule has 1 N–H and O–H groups in total. The lowest BCUT2D eigenvalue weighted by molar-refractivity contribution is -0.113. The maximum absolute atomic E-state index is 12.2. The highest BCUT2D eigenvalue weighted by Crippen LogP contribution is 2.24. The van der Waals surface area contributed by atoms with E-state index in [1.54, 1.807) is 0 Å². The van der Waals surface area contributed by atoms with Gasteiger partial charge in [0.2, 0.25) is 11.0 Å². The van der Waals surface area contributed by atoms with Gasteiger partial charge in [0, 0.05) is 6.04 Å². The van der Waals surface area contributed by atoms with Crippen molar-refractivity contribution < 1.29 is 9.53 Å². The molecular weight excluding hydrogens is 408 g/mol. The SMILES string of the molecule is Cc1ccc(OCc2nnc(SCC(=O)Nc3nnc(C)s3)n2C(C)C)c(C)c1. The van der Waals surface area contributed by atoms with E-state index in [-0.39, 0.29) is 17.7 Å². The van der Waals surface area contributed by atoms with Crippen molar-refractivity contribution in [3.63, 3.8) is 0 Å². The number of carbonyl (C=O) groups excluding carboxylic acids is 1. The van der Waals surface area contributed by atoms with Crippen LogP contribution in [0.4, 0.5) is 5.13 Å². The number of nitrogens with one attached hydrogen (secondary N) is 1. The summed E-state index contributed by atoms with van der Waals surface area (Å²) in [6.45, 7) is 10.3. The van der Waals surface area contributed by atoms with E-state index < -0.39 is 0 Å². The van der Waals surface area contributed by atoms with E-state index in [4.69, 9.17) is 4.74 Å². The number of aryl methyl sites for hydroxylation is 3. The van der Waals surface area contributed by atoms with Crippen LogP contribution in [0.15, 0.2) is 23.4 Å². The van der Waals surface area contributed by atoms with Crippen molar-refractivity contribution >= 4 is 34.1 Å². The summed E-state index contributed by atoms with van der Waals surface area (Å²) in [7, 11) is 0. The summed E-state index contributed by atoms with van der Waals surface area (Å²) in [5, 5.41) is 21.1. The minimum absolute atomic E-state index is 0.138. The van der Waals surface area contributed by atoms with Crippen molar-refractivity contribution in [3.05, 3.63) is 40.2 Å². The number of anilines is 1. The molecule has 0 atom stereocenters. The summed E-state index contributed by atoms with van der Waals surface area (Å²) in [6, 6.07) is 6.21. The first-order valence-corrected chi connectivity index (χ1v) is 11.0. The summed E-state index contributed by atoms with van der Waals surface area (Å²) < 4.78 is 7.96. The molecule has 0 radical (unpaired) electrons. The van der Waals surface area contributed by atoms with Crippen LogP contribution in [0, 0.1) is 20.8 Å². The van der Waals surface area contributed by atoms with Gasteiger partial charge in [-0.15, -0.1) is 20.4 Å². The Morgan fingerprint density at radius 1 is 1.21 bits per heavy atom. The van der Waals surface area contributed by atoms with E-state index in [0.29, 0.717) is 16.9 Å². The van der Waals surface area contributed by atoms with Crippen LogP contribution in [0.5, 0.6) is 5.75 Å². The molecule has 1 aromatic carbocycles. The van der Waals surface area contributed by atoms with E-state index in [9.17, 15) is 4.79 Å². The Labute approximate surface area is 178 Å². The molecule has 8 nitrogen and oxygen atoms in total. The number of aromatic nitrogens is 5. The normalized spacial score (nSPS) is 11.1. The maximum Gasteiger partial charge on any atom is 0.236 e. The predicted molar refractivity (Wildman–Crippen MR) is 115 cm³/mol. The summed E-state index contributed by atoms with van der Waals surface area (Å²) in [4.78, 5) is 12.2. The predicted octanol–water partition coefficient (Wildman–Crippen LogP) is 3.95. The van der Waals surface area contributed by atoms with Gasteiger partial charge in [-0.2, -0.15) is 0 Å². The van der Waals surface area contributed by atoms with Crippen molar-refractivity contribution in [1.29, 1.82) is 0 Å². The van der Waals surface area contributed by atoms with Gasteiger partial charge in [-0.1, -0.05) is 40.8 Å². The van der Waals surface area contributed by atoms with Crippen LogP contribution in [-0.4, -0.2) is 36.6 Å². The minimum Gasteiger partial charge on any atom is -0.485 e. The molecule has 0 aliphatic rings. The fraction of sp³-hybridized carbons (Fsp3) is 0.421. The van der Waals surface area contributed by atoms with Crippen LogP contribution in [0.2, 0.25) is 0 Å². The Morgan fingerprint density at radius 3 is 2.66 bits per heavy atom. The van der Waals surface area contributed by atoms with Gasteiger partial charge >= 0.3 is 0 Å². The van der Waals surface area contributed by atoms with Gasteiger partial charge in [0.25, 0.3) is 0 Å². The van der Waals surface area contributed by atoms with Crippen molar-refractivity contribution in [2.45, 2.75) is 52.4 Å². The topological polar surface area (TPSA) is 94.8 Å². The number of benzene rings is 1. The third-order valence-corrected chi connectivity index (χ3v) is 5.74. The first-order chi connectivity index (χ1) is 13.8. The summed E-state index contributed by atoms with van der Waals surface area (Å²) in [5.41, 5.74) is 2.28. The van der Waals surface area contributed by atoms with E-state index in [0.717, 1.165) is 22.1 Å². The second-order valence-corrected chi connectivity index (χ2v) is 9.01. The van der Waals surface area contributed by atoms with Crippen molar-refractivity contribution in [2.75, 3.05) is 11.1 Å². The van der Waals surface area contributed by atoms with Gasteiger partial charge in [-0.25, -0.2) is 0 Å². The molecule has 3 rings (SSSR count). The van der Waals surface area contributed by atoms with Gasteiger partial charge in [-0.05, 0) is 46.2 Å². The number of rotatable bonds is 8. The maximum atomic E-state index is 12.2. The highest BCUT2D eigenvalue weighted by Gasteiger charge is 2.18. The Bertz CT molecular complexity index is 999. The van der Waals surface area contributed by atoms with Crippen LogP contribution in [-0.2, 0) is 11.4 Å². The molecule has 2 aromatic heterocycles. The molecule has 0 bridgehead atoms. The van der Waals surface area contributed by atoms with Crippen LogP contribution < -0.4 is 10.1 Å². The average Bonchev–Trinajstić information content (AvgIpc) is 3.25. The number of ether oxygens (including phenoxy) is 1. The molecule has 29 heavy (non-hydrogen) atoms. The Morgan fingerprint density at radius 2 is 2.00 bits per heavy atom. The summed E-state index contributed by atoms with van der Waals surface area (Å²) in [5.74, 6) is 1.61. The molecule has 3 aromatic rings. The molecule has 0 aliphatic carbocycles. The summed E-state index contributed by atoms with van der Waals surface area (Å²) in [6.07, 6.45) is 0. The minimum atomic E-state index is -0.155. The number of carbonyl (C=O) groups is 1. The first kappa shape index (κ1) is 21.3. The Hall–Kier alpha value is -2.46. The van der Waals surface area contributed by atoms with E-state index in [2.05, 4.69) is 52.5 Å². The lowest BCUT2D eigenvalue weighted by Crippen LogP contribution is -2.15. The molecule has 10 heteroatoms. The van der Waals surface area contributed by atoms with Gasteiger partial charge in [0.1, 0.15) is 17.4 Å². The van der Waals surface area contributed by atoms with E-state index in [1.165, 1.54) is 28.7 Å². The third-order valence-electron chi connectivity index (χ3n) is 4.04. The molecule has 0 spiro atoms. The monoisotopic (exact) mass is 432 g/mol. The number of thioether (sulfide) groups is 1. The van der Waals surface area contributed by atoms with Crippen LogP contribution in [0.25, 0.3) is 0 Å². The fourth-order valence-corrected chi connectivity index (χ4v) is 4.25. The Balaban J connectivity index is 1.64. The number of nitrogens with zero attached hydrogens (tertiary/aromatic N) is 5. The van der Waals surface area contributed by atoms with Gasteiger partial charge in [-0.3, -0.25) is 10.1 Å². The van der Waals surface area contributed by atoms with E-state index >= 15 is 0 Å². The van der Waals surface area contributed by atoms with Crippen molar-refractivity contribution in [1.82, 2.24) is 25.0 Å². The molecule has 1 amide bonds. The van der Waals surface area contributed by atoms with Crippen LogP contribution >= 0.6 is 23.1 Å². The zero-order valence-corrected chi connectivity index (χ0v) is 18.7. The van der Waals surface area contributed by atoms with E-state index in [1.807, 2.05) is 30.5 Å². The smallest absolute Gasteiger partial charge is 0.236 e. The Kier molecular flexibility index (Phi) is 6.86. The molecule has 0 fully saturated rings. The average molecular weight is 433 g/mol. The zero-order chi connectivity index (χ0) is 21.0. The third kappa shape index (κ3) is 5.54. The second kappa shape index (κ2) is 9.36. The molecule has 0 saturated carbocycles. The fourth-order valence-electron chi connectivity index (χ4n) is 2.76.